The number of hydrogen-bond acceptors (Lipinski definition) is 4. The third kappa shape index (κ3) is 4.69. The molecule has 0 heterocycles. The van der Waals surface area contributed by atoms with Gasteiger partial charge in [-0.2, -0.15) is 4.31 Å². The highest BCUT2D eigenvalue weighted by molar-refractivity contribution is 9.10. The van der Waals surface area contributed by atoms with E-state index < -0.39 is 10.0 Å². The Hall–Kier alpha value is -1.90. The van der Waals surface area contributed by atoms with E-state index in [2.05, 4.69) is 21.2 Å². The highest BCUT2D eigenvalue weighted by atomic mass is 79.9. The van der Waals surface area contributed by atoms with E-state index >= 15 is 0 Å². The molecule has 27 heavy (non-hydrogen) atoms. The van der Waals surface area contributed by atoms with Gasteiger partial charge in [-0.3, -0.25) is 4.79 Å². The van der Waals surface area contributed by atoms with Gasteiger partial charge in [-0.1, -0.05) is 19.9 Å². The Labute approximate surface area is 168 Å². The average molecular weight is 455 g/mol. The summed E-state index contributed by atoms with van der Waals surface area (Å²) in [6.07, 6.45) is 0. The van der Waals surface area contributed by atoms with Crippen molar-refractivity contribution >= 4 is 37.5 Å². The molecule has 0 unspecified atom stereocenters. The Balaban J connectivity index is 2.34. The van der Waals surface area contributed by atoms with E-state index in [0.717, 1.165) is 5.56 Å². The van der Waals surface area contributed by atoms with Crippen molar-refractivity contribution in [1.29, 1.82) is 0 Å². The molecule has 0 atom stereocenters. The van der Waals surface area contributed by atoms with E-state index in [1.807, 2.05) is 6.92 Å². The molecule has 0 saturated heterocycles. The lowest BCUT2D eigenvalue weighted by Crippen LogP contribution is -2.30. The predicted molar refractivity (Wildman–Crippen MR) is 110 cm³/mol. The number of benzene rings is 2. The normalized spacial score (nSPS) is 11.5. The standard InChI is InChI=1S/C19H23BrN2O4S/c1-5-22(6-2)27(24,25)15-9-7-13(3)17(12-15)21-19(23)14-8-10-18(26-4)16(20)11-14/h7-12H,5-6H2,1-4H3,(H,21,23). The molecule has 2 rings (SSSR count). The van der Waals surface area contributed by atoms with Gasteiger partial charge in [0.05, 0.1) is 16.5 Å². The fourth-order valence-electron chi connectivity index (χ4n) is 2.61. The first kappa shape index (κ1) is 21.4. The van der Waals surface area contributed by atoms with Crippen LogP contribution in [0.2, 0.25) is 0 Å². The molecule has 1 N–H and O–H groups in total. The number of rotatable bonds is 7. The predicted octanol–water partition coefficient (Wildman–Crippen LogP) is 4.05. The van der Waals surface area contributed by atoms with Crippen LogP contribution in [-0.4, -0.2) is 38.8 Å². The molecule has 0 aliphatic heterocycles. The lowest BCUT2D eigenvalue weighted by molar-refractivity contribution is 0.102. The molecule has 8 heteroatoms. The van der Waals surface area contributed by atoms with Crippen LogP contribution in [-0.2, 0) is 10.0 Å². The fraction of sp³-hybridized carbons (Fsp3) is 0.316. The smallest absolute Gasteiger partial charge is 0.255 e. The Morgan fingerprint density at radius 1 is 1.15 bits per heavy atom. The Bertz CT molecular complexity index is 941. The Morgan fingerprint density at radius 3 is 2.37 bits per heavy atom. The van der Waals surface area contributed by atoms with Gasteiger partial charge in [0, 0.05) is 24.3 Å². The summed E-state index contributed by atoms with van der Waals surface area (Å²) in [6.45, 7) is 6.16. The highest BCUT2D eigenvalue weighted by Crippen LogP contribution is 2.27. The number of amides is 1. The van der Waals surface area contributed by atoms with Crippen LogP contribution in [0.1, 0.15) is 29.8 Å². The summed E-state index contributed by atoms with van der Waals surface area (Å²) in [5.74, 6) is 0.286. The number of anilines is 1. The second kappa shape index (κ2) is 8.86. The molecule has 6 nitrogen and oxygen atoms in total. The Kier molecular flexibility index (Phi) is 7.02. The number of aryl methyl sites for hydroxylation is 1. The largest absolute Gasteiger partial charge is 0.496 e. The molecule has 146 valence electrons. The minimum Gasteiger partial charge on any atom is -0.496 e. The maximum atomic E-state index is 12.7. The van der Waals surface area contributed by atoms with Gasteiger partial charge in [0.25, 0.3) is 5.91 Å². The van der Waals surface area contributed by atoms with Crippen molar-refractivity contribution in [3.05, 3.63) is 52.0 Å². The molecule has 2 aromatic carbocycles. The molecule has 2 aromatic rings. The maximum Gasteiger partial charge on any atom is 0.255 e. The van der Waals surface area contributed by atoms with E-state index in [1.165, 1.54) is 10.4 Å². The summed E-state index contributed by atoms with van der Waals surface area (Å²) in [6, 6.07) is 9.73. The number of sulfonamides is 1. The van der Waals surface area contributed by atoms with Crippen molar-refractivity contribution in [3.8, 4) is 5.75 Å². The van der Waals surface area contributed by atoms with Crippen LogP contribution in [0.15, 0.2) is 45.8 Å². The van der Waals surface area contributed by atoms with Gasteiger partial charge in [-0.15, -0.1) is 0 Å². The van der Waals surface area contributed by atoms with Crippen LogP contribution in [0, 0.1) is 6.92 Å². The van der Waals surface area contributed by atoms with Crippen LogP contribution in [0.3, 0.4) is 0 Å². The maximum absolute atomic E-state index is 12.7. The van der Waals surface area contributed by atoms with E-state index in [9.17, 15) is 13.2 Å². The highest BCUT2D eigenvalue weighted by Gasteiger charge is 2.22. The summed E-state index contributed by atoms with van der Waals surface area (Å²) in [7, 11) is -2.05. The number of nitrogens with zero attached hydrogens (tertiary/aromatic N) is 1. The summed E-state index contributed by atoms with van der Waals surface area (Å²) in [5, 5.41) is 2.80. The average Bonchev–Trinajstić information content (AvgIpc) is 2.64. The molecular weight excluding hydrogens is 432 g/mol. The van der Waals surface area contributed by atoms with Crippen molar-refractivity contribution in [2.24, 2.45) is 0 Å². The van der Waals surface area contributed by atoms with Crippen LogP contribution in [0.4, 0.5) is 5.69 Å². The third-order valence-corrected chi connectivity index (χ3v) is 6.88. The SMILES string of the molecule is CCN(CC)S(=O)(=O)c1ccc(C)c(NC(=O)c2ccc(OC)c(Br)c2)c1. The van der Waals surface area contributed by atoms with Crippen LogP contribution in [0.25, 0.3) is 0 Å². The molecule has 0 saturated carbocycles. The van der Waals surface area contributed by atoms with Gasteiger partial charge in [-0.25, -0.2) is 8.42 Å². The number of nitrogens with one attached hydrogen (secondary N) is 1. The molecule has 0 fully saturated rings. The van der Waals surface area contributed by atoms with Gasteiger partial charge < -0.3 is 10.1 Å². The van der Waals surface area contributed by atoms with E-state index in [-0.39, 0.29) is 10.8 Å². The van der Waals surface area contributed by atoms with E-state index in [0.29, 0.717) is 34.6 Å². The summed E-state index contributed by atoms with van der Waals surface area (Å²) in [4.78, 5) is 12.7. The zero-order valence-corrected chi connectivity index (χ0v) is 18.1. The van der Waals surface area contributed by atoms with Gasteiger partial charge in [0.15, 0.2) is 0 Å². The topological polar surface area (TPSA) is 75.7 Å². The van der Waals surface area contributed by atoms with Gasteiger partial charge >= 0.3 is 0 Å². The van der Waals surface area contributed by atoms with Crippen molar-refractivity contribution in [3.63, 3.8) is 0 Å². The fourth-order valence-corrected chi connectivity index (χ4v) is 4.64. The van der Waals surface area contributed by atoms with Crippen LogP contribution in [0.5, 0.6) is 5.75 Å². The van der Waals surface area contributed by atoms with E-state index in [1.54, 1.807) is 51.3 Å². The first-order valence-electron chi connectivity index (χ1n) is 8.50. The molecular formula is C19H23BrN2O4S. The van der Waals surface area contributed by atoms with E-state index in [4.69, 9.17) is 4.74 Å². The summed E-state index contributed by atoms with van der Waals surface area (Å²) >= 11 is 3.36. The third-order valence-electron chi connectivity index (χ3n) is 4.21. The quantitative estimate of drug-likeness (QED) is 0.684. The van der Waals surface area contributed by atoms with Crippen molar-refractivity contribution < 1.29 is 17.9 Å². The van der Waals surface area contributed by atoms with Crippen molar-refractivity contribution in [2.45, 2.75) is 25.7 Å². The monoisotopic (exact) mass is 454 g/mol. The molecule has 0 bridgehead atoms. The number of hydrogen-bond donors (Lipinski definition) is 1. The first-order chi connectivity index (χ1) is 12.7. The zero-order chi connectivity index (χ0) is 20.2. The molecule has 0 aromatic heterocycles. The molecule has 0 aliphatic carbocycles. The lowest BCUT2D eigenvalue weighted by atomic mass is 10.1. The van der Waals surface area contributed by atoms with Gasteiger partial charge in [0.2, 0.25) is 10.0 Å². The second-order valence-electron chi connectivity index (χ2n) is 5.87. The Morgan fingerprint density at radius 2 is 1.81 bits per heavy atom. The van der Waals surface area contributed by atoms with Crippen molar-refractivity contribution in [1.82, 2.24) is 4.31 Å². The van der Waals surface area contributed by atoms with Crippen molar-refractivity contribution in [2.75, 3.05) is 25.5 Å². The molecule has 1 amide bonds. The number of ether oxygens (including phenoxy) is 1. The number of methoxy groups -OCH3 is 1. The summed E-state index contributed by atoms with van der Waals surface area (Å²) in [5.41, 5.74) is 1.66. The zero-order valence-electron chi connectivity index (χ0n) is 15.7. The first-order valence-corrected chi connectivity index (χ1v) is 10.7. The summed E-state index contributed by atoms with van der Waals surface area (Å²) < 4.78 is 32.6. The van der Waals surface area contributed by atoms with Crippen LogP contribution >= 0.6 is 15.9 Å². The van der Waals surface area contributed by atoms with Gasteiger partial charge in [0.1, 0.15) is 5.75 Å². The van der Waals surface area contributed by atoms with Gasteiger partial charge in [-0.05, 0) is 58.7 Å². The lowest BCUT2D eigenvalue weighted by Gasteiger charge is -2.19. The second-order valence-corrected chi connectivity index (χ2v) is 8.66. The van der Waals surface area contributed by atoms with Crippen LogP contribution < -0.4 is 10.1 Å². The molecule has 0 spiro atoms. The molecule has 0 radical (unpaired) electrons. The number of carbonyl (C=O) groups excluding carboxylic acids is 1. The minimum absolute atomic E-state index is 0.156. The number of halogens is 1. The molecule has 0 aliphatic rings. The minimum atomic E-state index is -3.60. The number of carbonyl (C=O) groups is 1.